The summed E-state index contributed by atoms with van der Waals surface area (Å²) in [7, 11) is -1.20. The Morgan fingerprint density at radius 2 is 1.48 bits per heavy atom. The monoisotopic (exact) mass is 301 g/mol. The molecule has 2 aromatic carbocycles. The van der Waals surface area contributed by atoms with Gasteiger partial charge in [0.25, 0.3) is 0 Å². The molecule has 1 atom stereocenters. The third-order valence-electron chi connectivity index (χ3n) is 3.08. The van der Waals surface area contributed by atoms with Crippen molar-refractivity contribution in [1.82, 2.24) is 0 Å². The van der Waals surface area contributed by atoms with Gasteiger partial charge in [0.05, 0.1) is 0 Å². The van der Waals surface area contributed by atoms with Crippen LogP contribution in [0.5, 0.6) is 0 Å². The van der Waals surface area contributed by atoms with Crippen molar-refractivity contribution < 1.29 is 9.00 Å². The maximum atomic E-state index is 12.0. The number of carbonyl (C=O) groups is 1. The maximum absolute atomic E-state index is 12.0. The Labute approximate surface area is 127 Å². The number of carbonyl (C=O) groups excluding carboxylic acids is 1. The van der Waals surface area contributed by atoms with Crippen molar-refractivity contribution >= 4 is 22.4 Å². The predicted molar refractivity (Wildman–Crippen MR) is 87.7 cm³/mol. The summed E-state index contributed by atoms with van der Waals surface area (Å²) in [6, 6.07) is 15.4. The van der Waals surface area contributed by atoms with Crippen molar-refractivity contribution in [3.05, 3.63) is 65.2 Å². The van der Waals surface area contributed by atoms with Crippen molar-refractivity contribution in [3.8, 4) is 0 Å². The molecule has 0 spiro atoms. The normalized spacial score (nSPS) is 11.9. The van der Waals surface area contributed by atoms with Gasteiger partial charge in [-0.3, -0.25) is 9.00 Å². The van der Waals surface area contributed by atoms with Gasteiger partial charge in [0.2, 0.25) is 5.91 Å². The van der Waals surface area contributed by atoms with E-state index in [0.717, 1.165) is 16.8 Å². The van der Waals surface area contributed by atoms with Gasteiger partial charge in [0, 0.05) is 22.2 Å². The summed E-state index contributed by atoms with van der Waals surface area (Å²) in [4.78, 5) is 11.8. The number of hydrogen-bond donors (Lipinski definition) is 1. The van der Waals surface area contributed by atoms with Gasteiger partial charge in [0.15, 0.2) is 0 Å². The summed E-state index contributed by atoms with van der Waals surface area (Å²) in [5.74, 6) is 0.202. The lowest BCUT2D eigenvalue weighted by Gasteiger charge is -2.06. The standard InChI is InChI=1S/C17H19NO2S/c1-13-3-7-15(8-4-13)11-21(20)12-17(19)18-16-9-5-14(2)6-10-16/h3-10H,11-12H2,1-2H3,(H,18,19). The highest BCUT2D eigenvalue weighted by atomic mass is 32.2. The van der Waals surface area contributed by atoms with Gasteiger partial charge >= 0.3 is 0 Å². The molecule has 0 saturated heterocycles. The molecule has 0 bridgehead atoms. The molecule has 0 aliphatic carbocycles. The Balaban J connectivity index is 1.85. The van der Waals surface area contributed by atoms with Crippen molar-refractivity contribution in [2.45, 2.75) is 19.6 Å². The van der Waals surface area contributed by atoms with E-state index in [4.69, 9.17) is 0 Å². The van der Waals surface area contributed by atoms with Crippen LogP contribution in [0.25, 0.3) is 0 Å². The molecule has 0 heterocycles. The SMILES string of the molecule is Cc1ccc(CS(=O)CC(=O)Nc2ccc(C)cc2)cc1. The maximum Gasteiger partial charge on any atom is 0.237 e. The molecule has 1 N–H and O–H groups in total. The first-order valence-corrected chi connectivity index (χ1v) is 8.29. The first-order chi connectivity index (χ1) is 10.0. The summed E-state index contributed by atoms with van der Waals surface area (Å²) >= 11 is 0. The molecule has 3 nitrogen and oxygen atoms in total. The smallest absolute Gasteiger partial charge is 0.237 e. The molecule has 4 heteroatoms. The molecule has 0 saturated carbocycles. The number of aryl methyl sites for hydroxylation is 2. The van der Waals surface area contributed by atoms with Gasteiger partial charge in [-0.25, -0.2) is 0 Å². The van der Waals surface area contributed by atoms with E-state index in [1.165, 1.54) is 5.56 Å². The van der Waals surface area contributed by atoms with Crippen LogP contribution in [0.3, 0.4) is 0 Å². The lowest BCUT2D eigenvalue weighted by molar-refractivity contribution is -0.113. The third-order valence-corrected chi connectivity index (χ3v) is 4.32. The fourth-order valence-electron chi connectivity index (χ4n) is 1.90. The van der Waals surface area contributed by atoms with Crippen LogP contribution >= 0.6 is 0 Å². The second-order valence-electron chi connectivity index (χ2n) is 5.13. The van der Waals surface area contributed by atoms with E-state index in [1.54, 1.807) is 0 Å². The Kier molecular flexibility index (Phi) is 5.28. The van der Waals surface area contributed by atoms with Crippen LogP contribution in [0.15, 0.2) is 48.5 Å². The minimum absolute atomic E-state index is 0.0156. The number of nitrogens with one attached hydrogen (secondary N) is 1. The Morgan fingerprint density at radius 1 is 0.952 bits per heavy atom. The Bertz CT molecular complexity index is 575. The van der Waals surface area contributed by atoms with Gasteiger partial charge in [0.1, 0.15) is 5.75 Å². The zero-order valence-corrected chi connectivity index (χ0v) is 13.1. The summed E-state index contributed by atoms with van der Waals surface area (Å²) in [5.41, 5.74) is 4.03. The van der Waals surface area contributed by atoms with Crippen LogP contribution in [0.4, 0.5) is 5.69 Å². The Hall–Kier alpha value is -1.94. The third kappa shape index (κ3) is 5.16. The van der Waals surface area contributed by atoms with E-state index in [-0.39, 0.29) is 11.7 Å². The average Bonchev–Trinajstić information content (AvgIpc) is 2.44. The molecule has 0 aliphatic heterocycles. The van der Waals surface area contributed by atoms with E-state index < -0.39 is 10.8 Å². The fraction of sp³-hybridized carbons (Fsp3) is 0.235. The molecule has 0 radical (unpaired) electrons. The highest BCUT2D eigenvalue weighted by molar-refractivity contribution is 7.84. The van der Waals surface area contributed by atoms with Gasteiger partial charge < -0.3 is 5.32 Å². The van der Waals surface area contributed by atoms with Crippen molar-refractivity contribution in [2.24, 2.45) is 0 Å². The van der Waals surface area contributed by atoms with Gasteiger partial charge in [-0.2, -0.15) is 0 Å². The number of amides is 1. The van der Waals surface area contributed by atoms with E-state index in [1.807, 2.05) is 62.4 Å². The molecule has 0 fully saturated rings. The zero-order chi connectivity index (χ0) is 15.2. The molecular formula is C17H19NO2S. The minimum atomic E-state index is -1.20. The molecule has 21 heavy (non-hydrogen) atoms. The highest BCUT2D eigenvalue weighted by Gasteiger charge is 2.09. The van der Waals surface area contributed by atoms with Crippen molar-refractivity contribution in [3.63, 3.8) is 0 Å². The largest absolute Gasteiger partial charge is 0.325 e. The molecule has 1 amide bonds. The molecule has 0 aliphatic rings. The van der Waals surface area contributed by atoms with E-state index >= 15 is 0 Å². The molecule has 2 rings (SSSR count). The second kappa shape index (κ2) is 7.18. The van der Waals surface area contributed by atoms with Crippen LogP contribution in [0.1, 0.15) is 16.7 Å². The predicted octanol–water partition coefficient (Wildman–Crippen LogP) is 3.19. The summed E-state index contributed by atoms with van der Waals surface area (Å²) in [6.07, 6.45) is 0. The van der Waals surface area contributed by atoms with Crippen LogP contribution in [-0.2, 0) is 21.3 Å². The zero-order valence-electron chi connectivity index (χ0n) is 12.3. The van der Waals surface area contributed by atoms with Crippen molar-refractivity contribution in [1.29, 1.82) is 0 Å². The summed E-state index contributed by atoms with van der Waals surface area (Å²) < 4.78 is 12.0. The number of anilines is 1. The quantitative estimate of drug-likeness (QED) is 0.922. The topological polar surface area (TPSA) is 46.2 Å². The molecule has 2 aromatic rings. The number of hydrogen-bond acceptors (Lipinski definition) is 2. The second-order valence-corrected chi connectivity index (χ2v) is 6.59. The first kappa shape index (κ1) is 15.4. The first-order valence-electron chi connectivity index (χ1n) is 6.80. The van der Waals surface area contributed by atoms with Crippen molar-refractivity contribution in [2.75, 3.05) is 11.1 Å². The van der Waals surface area contributed by atoms with Gasteiger partial charge in [-0.15, -0.1) is 0 Å². The molecule has 110 valence electrons. The van der Waals surface area contributed by atoms with Crippen LogP contribution in [0.2, 0.25) is 0 Å². The van der Waals surface area contributed by atoms with Gasteiger partial charge in [-0.1, -0.05) is 47.5 Å². The molecule has 0 aromatic heterocycles. The summed E-state index contributed by atoms with van der Waals surface area (Å²) in [6.45, 7) is 4.00. The molecular weight excluding hydrogens is 282 g/mol. The number of rotatable bonds is 5. The molecule has 1 unspecified atom stereocenters. The Morgan fingerprint density at radius 3 is 2.05 bits per heavy atom. The lowest BCUT2D eigenvalue weighted by Crippen LogP contribution is -2.20. The van der Waals surface area contributed by atoms with Crippen LogP contribution in [-0.4, -0.2) is 15.9 Å². The summed E-state index contributed by atoms with van der Waals surface area (Å²) in [5, 5.41) is 2.76. The van der Waals surface area contributed by atoms with E-state index in [0.29, 0.717) is 5.75 Å². The lowest BCUT2D eigenvalue weighted by atomic mass is 10.2. The van der Waals surface area contributed by atoms with Gasteiger partial charge in [-0.05, 0) is 31.5 Å². The van der Waals surface area contributed by atoms with E-state index in [9.17, 15) is 9.00 Å². The fourth-order valence-corrected chi connectivity index (χ4v) is 2.93. The highest BCUT2D eigenvalue weighted by Crippen LogP contribution is 2.09. The van der Waals surface area contributed by atoms with E-state index in [2.05, 4.69) is 5.32 Å². The number of benzene rings is 2. The van der Waals surface area contributed by atoms with Crippen LogP contribution in [0, 0.1) is 13.8 Å². The minimum Gasteiger partial charge on any atom is -0.325 e. The average molecular weight is 301 g/mol. The van der Waals surface area contributed by atoms with Crippen LogP contribution < -0.4 is 5.32 Å².